The molecule has 7 N–H and O–H groups in total. The molecule has 7 heteroatoms. The highest BCUT2D eigenvalue weighted by Gasteiger charge is 2.28. The molecule has 1 heterocycles. The molecular formula is C9H16N6O. The maximum atomic E-state index is 11.1. The van der Waals surface area contributed by atoms with Crippen LogP contribution in [0.1, 0.15) is 0 Å². The number of primary amides is 1. The summed E-state index contributed by atoms with van der Waals surface area (Å²) < 4.78 is 0. The Labute approximate surface area is 93.7 Å². The monoisotopic (exact) mass is 224 g/mol. The quantitative estimate of drug-likeness (QED) is 0.413. The number of carbonyl (C=O) groups excluding carboxylic acids is 1. The Morgan fingerprint density at radius 1 is 1.62 bits per heavy atom. The Hall–Kier alpha value is -2.02. The number of hydrogen-bond donors (Lipinski definition) is 4. The number of nitrogens with zero attached hydrogens (tertiary/aromatic N) is 2. The van der Waals surface area contributed by atoms with Gasteiger partial charge in [0.15, 0.2) is 5.96 Å². The van der Waals surface area contributed by atoms with Gasteiger partial charge in [0.2, 0.25) is 5.91 Å². The molecule has 7 nitrogen and oxygen atoms in total. The highest BCUT2D eigenvalue weighted by molar-refractivity contribution is 5.97. The van der Waals surface area contributed by atoms with Gasteiger partial charge < -0.3 is 27.4 Å². The molecule has 0 aliphatic carbocycles. The van der Waals surface area contributed by atoms with Crippen LogP contribution in [-0.2, 0) is 4.79 Å². The number of guanidine groups is 1. The van der Waals surface area contributed by atoms with E-state index < -0.39 is 12.1 Å². The van der Waals surface area contributed by atoms with Crippen LogP contribution in [0, 0.1) is 0 Å². The normalized spacial score (nSPS) is 20.6. The van der Waals surface area contributed by atoms with Crippen molar-refractivity contribution in [2.24, 2.45) is 22.2 Å². The Bertz CT molecular complexity index is 397. The van der Waals surface area contributed by atoms with Crippen molar-refractivity contribution < 1.29 is 4.79 Å². The van der Waals surface area contributed by atoms with Gasteiger partial charge in [0.25, 0.3) is 0 Å². The first-order chi connectivity index (χ1) is 7.40. The lowest BCUT2D eigenvalue weighted by atomic mass is 10.0. The van der Waals surface area contributed by atoms with Gasteiger partial charge in [0, 0.05) is 25.2 Å². The van der Waals surface area contributed by atoms with Crippen molar-refractivity contribution >= 4 is 11.9 Å². The standard InChI is InChI=1S/C9H16N6O/c1-4(7(11)16)5-6(10)15(3)9(12)14-8(5)13-2/h6,13H,1,10H2,2-3H3,(H2,11,16)(H2,12,14). The summed E-state index contributed by atoms with van der Waals surface area (Å²) in [4.78, 5) is 16.7. The largest absolute Gasteiger partial charge is 0.373 e. The number of hydrogen-bond acceptors (Lipinski definition) is 6. The highest BCUT2D eigenvalue weighted by Crippen LogP contribution is 2.21. The summed E-state index contributed by atoms with van der Waals surface area (Å²) in [6.45, 7) is 3.60. The molecule has 1 aliphatic rings. The van der Waals surface area contributed by atoms with Crippen molar-refractivity contribution in [3.63, 3.8) is 0 Å². The number of nitrogens with two attached hydrogens (primary N) is 3. The maximum absolute atomic E-state index is 11.1. The van der Waals surface area contributed by atoms with Gasteiger partial charge in [0.1, 0.15) is 12.0 Å². The fourth-order valence-electron chi connectivity index (χ4n) is 1.37. The lowest BCUT2D eigenvalue weighted by Crippen LogP contribution is -2.52. The van der Waals surface area contributed by atoms with Crippen LogP contribution >= 0.6 is 0 Å². The second-order valence-corrected chi connectivity index (χ2v) is 3.38. The Kier molecular flexibility index (Phi) is 3.19. The molecule has 0 fully saturated rings. The molecule has 0 radical (unpaired) electrons. The van der Waals surface area contributed by atoms with Crippen LogP contribution in [-0.4, -0.2) is 37.0 Å². The number of carbonyl (C=O) groups is 1. The van der Waals surface area contributed by atoms with Gasteiger partial charge in [-0.1, -0.05) is 6.58 Å². The van der Waals surface area contributed by atoms with Crippen molar-refractivity contribution in [2.75, 3.05) is 14.1 Å². The third-order valence-corrected chi connectivity index (χ3v) is 2.42. The fourth-order valence-corrected chi connectivity index (χ4v) is 1.37. The Morgan fingerprint density at radius 3 is 2.62 bits per heavy atom. The topological polar surface area (TPSA) is 123 Å². The summed E-state index contributed by atoms with van der Waals surface area (Å²) >= 11 is 0. The molecule has 1 aliphatic heterocycles. The number of amides is 1. The minimum absolute atomic E-state index is 0.125. The lowest BCUT2D eigenvalue weighted by molar-refractivity contribution is -0.114. The summed E-state index contributed by atoms with van der Waals surface area (Å²) in [5.41, 5.74) is 17.3. The van der Waals surface area contributed by atoms with E-state index in [0.29, 0.717) is 11.4 Å². The highest BCUT2D eigenvalue weighted by atomic mass is 16.1. The zero-order chi connectivity index (χ0) is 12.5. The summed E-state index contributed by atoms with van der Waals surface area (Å²) in [6.07, 6.45) is -0.597. The third-order valence-electron chi connectivity index (χ3n) is 2.42. The van der Waals surface area contributed by atoms with Gasteiger partial charge in [-0.25, -0.2) is 0 Å². The van der Waals surface area contributed by atoms with Crippen LogP contribution < -0.4 is 22.5 Å². The molecular weight excluding hydrogens is 208 g/mol. The molecule has 0 aromatic carbocycles. The van der Waals surface area contributed by atoms with E-state index in [0.717, 1.165) is 0 Å². The average Bonchev–Trinajstić information content (AvgIpc) is 2.24. The summed E-state index contributed by atoms with van der Waals surface area (Å²) in [7, 11) is 3.32. The smallest absolute Gasteiger partial charge is 0.248 e. The van der Waals surface area contributed by atoms with Crippen LogP contribution in [0.15, 0.2) is 28.5 Å². The molecule has 88 valence electrons. The lowest BCUT2D eigenvalue weighted by Gasteiger charge is -2.32. The molecule has 0 aromatic heterocycles. The van der Waals surface area contributed by atoms with E-state index in [4.69, 9.17) is 17.2 Å². The van der Waals surface area contributed by atoms with Crippen molar-refractivity contribution in [1.29, 1.82) is 0 Å². The molecule has 0 saturated carbocycles. The van der Waals surface area contributed by atoms with Crippen molar-refractivity contribution in [3.05, 3.63) is 23.5 Å². The first kappa shape index (κ1) is 12.1. The molecule has 0 saturated heterocycles. The van der Waals surface area contributed by atoms with E-state index in [2.05, 4.69) is 16.9 Å². The average molecular weight is 224 g/mol. The molecule has 0 bridgehead atoms. The summed E-state index contributed by atoms with van der Waals surface area (Å²) in [6, 6.07) is 0. The predicted octanol–water partition coefficient (Wildman–Crippen LogP) is -2.00. The van der Waals surface area contributed by atoms with Gasteiger partial charge in [0.05, 0.1) is 0 Å². The molecule has 1 atom stereocenters. The minimum atomic E-state index is -0.637. The van der Waals surface area contributed by atoms with Gasteiger partial charge in [-0.2, -0.15) is 4.99 Å². The molecule has 0 aromatic rings. The van der Waals surface area contributed by atoms with Crippen LogP contribution in [0.5, 0.6) is 0 Å². The second-order valence-electron chi connectivity index (χ2n) is 3.38. The van der Waals surface area contributed by atoms with E-state index in [-0.39, 0.29) is 11.5 Å². The second kappa shape index (κ2) is 4.23. The summed E-state index contributed by atoms with van der Waals surface area (Å²) in [5.74, 6) is 0.0343. The van der Waals surface area contributed by atoms with E-state index in [1.54, 1.807) is 14.1 Å². The zero-order valence-electron chi connectivity index (χ0n) is 9.32. The van der Waals surface area contributed by atoms with Crippen molar-refractivity contribution in [3.8, 4) is 0 Å². The van der Waals surface area contributed by atoms with E-state index >= 15 is 0 Å². The van der Waals surface area contributed by atoms with E-state index in [9.17, 15) is 4.79 Å². The molecule has 16 heavy (non-hydrogen) atoms. The molecule has 1 amide bonds. The SMILES string of the molecule is C=C(C(N)=O)C1=C(NC)N=C(N)N(C)C1N. The minimum Gasteiger partial charge on any atom is -0.373 e. The van der Waals surface area contributed by atoms with Crippen LogP contribution in [0.4, 0.5) is 0 Å². The molecule has 1 unspecified atom stereocenters. The molecule has 1 rings (SSSR count). The zero-order valence-corrected chi connectivity index (χ0v) is 9.32. The van der Waals surface area contributed by atoms with Gasteiger partial charge in [-0.05, 0) is 0 Å². The first-order valence-electron chi connectivity index (χ1n) is 4.63. The van der Waals surface area contributed by atoms with Crippen molar-refractivity contribution in [1.82, 2.24) is 10.2 Å². The van der Waals surface area contributed by atoms with E-state index in [1.165, 1.54) is 4.90 Å². The predicted molar refractivity (Wildman–Crippen MR) is 61.8 cm³/mol. The molecule has 0 spiro atoms. The number of likely N-dealkylation sites (N-methyl/N-ethyl adjacent to an activating group) is 1. The van der Waals surface area contributed by atoms with Crippen molar-refractivity contribution in [2.45, 2.75) is 6.17 Å². The number of rotatable bonds is 3. The Balaban J connectivity index is 3.28. The first-order valence-corrected chi connectivity index (χ1v) is 4.63. The van der Waals surface area contributed by atoms with Gasteiger partial charge >= 0.3 is 0 Å². The number of nitrogens with one attached hydrogen (secondary N) is 1. The fraction of sp³-hybridized carbons (Fsp3) is 0.333. The Morgan fingerprint density at radius 2 is 2.19 bits per heavy atom. The van der Waals surface area contributed by atoms with Crippen LogP contribution in [0.25, 0.3) is 0 Å². The van der Waals surface area contributed by atoms with E-state index in [1.807, 2.05) is 0 Å². The van der Waals surface area contributed by atoms with Crippen LogP contribution in [0.2, 0.25) is 0 Å². The van der Waals surface area contributed by atoms with Gasteiger partial charge in [-0.15, -0.1) is 0 Å². The summed E-state index contributed by atoms with van der Waals surface area (Å²) in [5, 5.41) is 2.81. The van der Waals surface area contributed by atoms with Gasteiger partial charge in [-0.3, -0.25) is 4.79 Å². The number of aliphatic imine (C=N–C) groups is 1. The maximum Gasteiger partial charge on any atom is 0.248 e. The van der Waals surface area contributed by atoms with Crippen LogP contribution in [0.3, 0.4) is 0 Å². The third kappa shape index (κ3) is 1.84.